The lowest BCUT2D eigenvalue weighted by Crippen LogP contribution is -2.54. The molecule has 1 aromatic carbocycles. The Morgan fingerprint density at radius 1 is 1.14 bits per heavy atom. The van der Waals surface area contributed by atoms with Crippen LogP contribution in [-0.4, -0.2) is 17.9 Å². The Bertz CT molecular complexity index is 583. The summed E-state index contributed by atoms with van der Waals surface area (Å²) in [5, 5.41) is 10.6. The first-order chi connectivity index (χ1) is 9.89. The van der Waals surface area contributed by atoms with Crippen LogP contribution in [0.3, 0.4) is 0 Å². The summed E-state index contributed by atoms with van der Waals surface area (Å²) in [6, 6.07) is 6.66. The Kier molecular flexibility index (Phi) is 4.76. The van der Waals surface area contributed by atoms with Crippen LogP contribution in [0.1, 0.15) is 38.8 Å². The molecule has 120 valence electrons. The van der Waals surface area contributed by atoms with Crippen molar-refractivity contribution in [1.82, 2.24) is 5.32 Å². The van der Waals surface area contributed by atoms with E-state index in [0.29, 0.717) is 0 Å². The second-order valence-electron chi connectivity index (χ2n) is 5.94. The zero-order valence-electron chi connectivity index (χ0n) is 12.7. The molecule has 1 aromatic rings. The standard InChI is InChI=1S/C15H17F3N2O2/c1-13(2,3)22-12(21)20-14(4,15(16,17)18)11-7-5-10(9-19)6-8-11/h5-8H,1-4H3,(H,20,21). The molecule has 22 heavy (non-hydrogen) atoms. The van der Waals surface area contributed by atoms with Gasteiger partial charge in [-0.15, -0.1) is 0 Å². The lowest BCUT2D eigenvalue weighted by molar-refractivity contribution is -0.193. The molecular weight excluding hydrogens is 297 g/mol. The molecule has 0 aliphatic rings. The molecular formula is C15H17F3N2O2. The van der Waals surface area contributed by atoms with Crippen molar-refractivity contribution in [1.29, 1.82) is 5.26 Å². The van der Waals surface area contributed by atoms with Crippen molar-refractivity contribution in [2.24, 2.45) is 0 Å². The third-order valence-corrected chi connectivity index (χ3v) is 2.91. The normalized spacial score (nSPS) is 14.6. The van der Waals surface area contributed by atoms with Gasteiger partial charge in [0.1, 0.15) is 5.60 Å². The van der Waals surface area contributed by atoms with Crippen LogP contribution in [0.5, 0.6) is 0 Å². The number of ether oxygens (including phenoxy) is 1. The molecule has 1 unspecified atom stereocenters. The Morgan fingerprint density at radius 3 is 2.00 bits per heavy atom. The summed E-state index contributed by atoms with van der Waals surface area (Å²) in [5.41, 5.74) is -3.50. The molecule has 1 atom stereocenters. The molecule has 0 radical (unpaired) electrons. The predicted molar refractivity (Wildman–Crippen MR) is 73.9 cm³/mol. The van der Waals surface area contributed by atoms with E-state index in [-0.39, 0.29) is 11.1 Å². The van der Waals surface area contributed by atoms with E-state index >= 15 is 0 Å². The van der Waals surface area contributed by atoms with E-state index in [4.69, 9.17) is 10.00 Å². The van der Waals surface area contributed by atoms with Gasteiger partial charge in [0.15, 0.2) is 5.54 Å². The molecule has 1 rings (SSSR count). The third kappa shape index (κ3) is 4.13. The number of alkyl carbamates (subject to hydrolysis) is 1. The minimum absolute atomic E-state index is 0.190. The Morgan fingerprint density at radius 2 is 1.64 bits per heavy atom. The number of nitrogens with one attached hydrogen (secondary N) is 1. The number of alkyl halides is 3. The molecule has 0 aliphatic heterocycles. The van der Waals surface area contributed by atoms with Crippen molar-refractivity contribution in [3.05, 3.63) is 35.4 Å². The molecule has 7 heteroatoms. The lowest BCUT2D eigenvalue weighted by Gasteiger charge is -2.34. The van der Waals surface area contributed by atoms with E-state index in [1.165, 1.54) is 12.1 Å². The maximum Gasteiger partial charge on any atom is 0.415 e. The number of amides is 1. The third-order valence-electron chi connectivity index (χ3n) is 2.91. The zero-order valence-corrected chi connectivity index (χ0v) is 12.7. The van der Waals surface area contributed by atoms with Crippen LogP contribution in [0.4, 0.5) is 18.0 Å². The SMILES string of the molecule is CC(C)(C)OC(=O)NC(C)(c1ccc(C#N)cc1)C(F)(F)F. The quantitative estimate of drug-likeness (QED) is 0.901. The topological polar surface area (TPSA) is 62.1 Å². The minimum atomic E-state index is -4.74. The van der Waals surface area contributed by atoms with Gasteiger partial charge in [-0.25, -0.2) is 4.79 Å². The van der Waals surface area contributed by atoms with Crippen LogP contribution in [0, 0.1) is 11.3 Å². The number of hydrogen-bond donors (Lipinski definition) is 1. The van der Waals surface area contributed by atoms with Gasteiger partial charge in [0.05, 0.1) is 11.6 Å². The lowest BCUT2D eigenvalue weighted by atomic mass is 9.90. The van der Waals surface area contributed by atoms with Gasteiger partial charge in [-0.1, -0.05) is 12.1 Å². The monoisotopic (exact) mass is 314 g/mol. The highest BCUT2D eigenvalue weighted by atomic mass is 19.4. The van der Waals surface area contributed by atoms with Crippen LogP contribution in [0.15, 0.2) is 24.3 Å². The van der Waals surface area contributed by atoms with E-state index in [2.05, 4.69) is 0 Å². The molecule has 0 aromatic heterocycles. The fraction of sp³-hybridized carbons (Fsp3) is 0.467. The molecule has 1 N–H and O–H groups in total. The first-order valence-electron chi connectivity index (χ1n) is 6.47. The molecule has 0 heterocycles. The van der Waals surface area contributed by atoms with Gasteiger partial charge in [0, 0.05) is 0 Å². The van der Waals surface area contributed by atoms with Crippen LogP contribution >= 0.6 is 0 Å². The fourth-order valence-corrected chi connectivity index (χ4v) is 1.69. The Hall–Kier alpha value is -2.23. The number of halogens is 3. The maximum absolute atomic E-state index is 13.4. The minimum Gasteiger partial charge on any atom is -0.444 e. The van der Waals surface area contributed by atoms with E-state index in [0.717, 1.165) is 19.1 Å². The van der Waals surface area contributed by atoms with Crippen molar-refractivity contribution in [3.63, 3.8) is 0 Å². The molecule has 0 saturated carbocycles. The molecule has 1 amide bonds. The van der Waals surface area contributed by atoms with Gasteiger partial charge in [-0.05, 0) is 45.4 Å². The van der Waals surface area contributed by atoms with Crippen molar-refractivity contribution >= 4 is 6.09 Å². The maximum atomic E-state index is 13.4. The second-order valence-corrected chi connectivity index (χ2v) is 5.94. The van der Waals surface area contributed by atoms with Crippen molar-refractivity contribution in [3.8, 4) is 6.07 Å². The number of nitriles is 1. The van der Waals surface area contributed by atoms with Gasteiger partial charge in [-0.3, -0.25) is 0 Å². The summed E-state index contributed by atoms with van der Waals surface area (Å²) in [7, 11) is 0. The highest BCUT2D eigenvalue weighted by molar-refractivity contribution is 5.69. The second kappa shape index (κ2) is 5.87. The zero-order chi connectivity index (χ0) is 17.2. The number of carbonyl (C=O) groups is 1. The highest BCUT2D eigenvalue weighted by Crippen LogP contribution is 2.39. The summed E-state index contributed by atoms with van der Waals surface area (Å²) in [4.78, 5) is 11.7. The van der Waals surface area contributed by atoms with Crippen LogP contribution < -0.4 is 5.32 Å². The van der Waals surface area contributed by atoms with E-state index in [1.807, 2.05) is 11.4 Å². The Labute approximate surface area is 126 Å². The first kappa shape index (κ1) is 17.8. The number of hydrogen-bond acceptors (Lipinski definition) is 3. The summed E-state index contributed by atoms with van der Waals surface area (Å²) >= 11 is 0. The smallest absolute Gasteiger partial charge is 0.415 e. The van der Waals surface area contributed by atoms with Crippen molar-refractivity contribution in [2.75, 3.05) is 0 Å². The fourth-order valence-electron chi connectivity index (χ4n) is 1.69. The van der Waals surface area contributed by atoms with Gasteiger partial charge in [-0.2, -0.15) is 18.4 Å². The van der Waals surface area contributed by atoms with E-state index in [9.17, 15) is 18.0 Å². The van der Waals surface area contributed by atoms with Crippen LogP contribution in [0.2, 0.25) is 0 Å². The van der Waals surface area contributed by atoms with Crippen LogP contribution in [0.25, 0.3) is 0 Å². The number of carbonyl (C=O) groups excluding carboxylic acids is 1. The van der Waals surface area contributed by atoms with E-state index < -0.39 is 23.4 Å². The summed E-state index contributed by atoms with van der Waals surface area (Å²) in [5.74, 6) is 0. The first-order valence-corrected chi connectivity index (χ1v) is 6.47. The molecule has 0 spiro atoms. The molecule has 0 bridgehead atoms. The summed E-state index contributed by atoms with van der Waals surface area (Å²) in [6.07, 6.45) is -5.91. The summed E-state index contributed by atoms with van der Waals surface area (Å²) < 4.78 is 45.2. The van der Waals surface area contributed by atoms with Gasteiger partial charge in [0.25, 0.3) is 0 Å². The Balaban J connectivity index is 3.16. The molecule has 0 saturated heterocycles. The van der Waals surface area contributed by atoms with Gasteiger partial charge >= 0.3 is 12.3 Å². The predicted octanol–water partition coefficient (Wildman–Crippen LogP) is 3.86. The van der Waals surface area contributed by atoms with Gasteiger partial charge in [0.2, 0.25) is 0 Å². The number of nitrogens with zero attached hydrogens (tertiary/aromatic N) is 1. The largest absolute Gasteiger partial charge is 0.444 e. The molecule has 0 fully saturated rings. The van der Waals surface area contributed by atoms with E-state index in [1.54, 1.807) is 20.8 Å². The van der Waals surface area contributed by atoms with Crippen molar-refractivity contribution < 1.29 is 22.7 Å². The molecule has 4 nitrogen and oxygen atoms in total. The number of rotatable bonds is 2. The average molecular weight is 314 g/mol. The highest BCUT2D eigenvalue weighted by Gasteiger charge is 2.54. The van der Waals surface area contributed by atoms with Gasteiger partial charge < -0.3 is 10.1 Å². The van der Waals surface area contributed by atoms with Crippen LogP contribution in [-0.2, 0) is 10.3 Å². The van der Waals surface area contributed by atoms with Crippen molar-refractivity contribution in [2.45, 2.75) is 45.0 Å². The average Bonchev–Trinajstić information content (AvgIpc) is 2.35. The summed E-state index contributed by atoms with van der Waals surface area (Å²) in [6.45, 7) is 5.51. The molecule has 0 aliphatic carbocycles. The number of benzene rings is 1.